The Morgan fingerprint density at radius 1 is 1.27 bits per heavy atom. The van der Waals surface area contributed by atoms with Crippen LogP contribution in [0.1, 0.15) is 31.4 Å². The third-order valence-corrected chi connectivity index (χ3v) is 5.71. The lowest BCUT2D eigenvalue weighted by atomic mass is 10.1. The number of guanidine groups is 1. The monoisotopic (exact) mass is 535 g/mol. The average molecular weight is 535 g/mol. The van der Waals surface area contributed by atoms with Gasteiger partial charge in [-0.25, -0.2) is 4.99 Å². The molecule has 0 aromatic carbocycles. The van der Waals surface area contributed by atoms with Gasteiger partial charge >= 0.3 is 0 Å². The summed E-state index contributed by atoms with van der Waals surface area (Å²) in [5.41, 5.74) is 0. The summed E-state index contributed by atoms with van der Waals surface area (Å²) in [5, 5.41) is 11.9. The largest absolute Gasteiger partial charge is 0.382 e. The molecule has 0 aliphatic carbocycles. The minimum absolute atomic E-state index is 0. The summed E-state index contributed by atoms with van der Waals surface area (Å²) in [6, 6.07) is 0. The topological polar surface area (TPSA) is 80.0 Å². The SMILES string of the molecule is CCOCCCNC(=NCc1nnc(C)n1C)N1CCC(CN2CCOCC2)C1.I. The number of likely N-dealkylation sites (tertiary alicyclic amines) is 1. The summed E-state index contributed by atoms with van der Waals surface area (Å²) < 4.78 is 12.9. The second-order valence-corrected chi connectivity index (χ2v) is 7.85. The zero-order valence-electron chi connectivity index (χ0n) is 18.7. The number of ether oxygens (including phenoxy) is 2. The van der Waals surface area contributed by atoms with Crippen LogP contribution in [0.2, 0.25) is 0 Å². The number of hydrogen-bond acceptors (Lipinski definition) is 6. The van der Waals surface area contributed by atoms with Crippen molar-refractivity contribution >= 4 is 29.9 Å². The summed E-state index contributed by atoms with van der Waals surface area (Å²) in [6.07, 6.45) is 2.18. The Kier molecular flexibility index (Phi) is 11.3. The number of hydrogen-bond donors (Lipinski definition) is 1. The predicted octanol–water partition coefficient (Wildman–Crippen LogP) is 1.27. The highest BCUT2D eigenvalue weighted by Gasteiger charge is 2.27. The Hall–Kier alpha value is -0.980. The van der Waals surface area contributed by atoms with Crippen molar-refractivity contribution in [1.82, 2.24) is 29.9 Å². The van der Waals surface area contributed by atoms with Crippen molar-refractivity contribution in [3.8, 4) is 0 Å². The molecule has 0 saturated carbocycles. The van der Waals surface area contributed by atoms with Crippen LogP contribution in [0.15, 0.2) is 4.99 Å². The number of morpholine rings is 1. The molecule has 1 unspecified atom stereocenters. The van der Waals surface area contributed by atoms with Crippen LogP contribution in [0, 0.1) is 12.8 Å². The molecule has 1 aromatic heterocycles. The van der Waals surface area contributed by atoms with Crippen LogP contribution in [0.5, 0.6) is 0 Å². The number of aryl methyl sites for hydroxylation is 1. The number of nitrogens with zero attached hydrogens (tertiary/aromatic N) is 6. The van der Waals surface area contributed by atoms with Crippen molar-refractivity contribution in [2.45, 2.75) is 33.2 Å². The number of aromatic nitrogens is 3. The molecule has 0 radical (unpaired) electrons. The fourth-order valence-electron chi connectivity index (χ4n) is 3.84. The van der Waals surface area contributed by atoms with Crippen molar-refractivity contribution in [2.75, 3.05) is 65.7 Å². The minimum Gasteiger partial charge on any atom is -0.382 e. The van der Waals surface area contributed by atoms with Crippen LogP contribution in [-0.2, 0) is 23.1 Å². The number of aliphatic imine (C=N–C) groups is 1. The van der Waals surface area contributed by atoms with Gasteiger partial charge in [0.25, 0.3) is 0 Å². The summed E-state index contributed by atoms with van der Waals surface area (Å²) in [4.78, 5) is 9.81. The van der Waals surface area contributed by atoms with E-state index >= 15 is 0 Å². The Labute approximate surface area is 197 Å². The van der Waals surface area contributed by atoms with Gasteiger partial charge in [0.1, 0.15) is 12.4 Å². The van der Waals surface area contributed by atoms with E-state index in [1.807, 2.05) is 25.5 Å². The van der Waals surface area contributed by atoms with Crippen molar-refractivity contribution < 1.29 is 9.47 Å². The van der Waals surface area contributed by atoms with Gasteiger partial charge in [-0.05, 0) is 32.6 Å². The first-order valence-corrected chi connectivity index (χ1v) is 10.9. The van der Waals surface area contributed by atoms with Crippen LogP contribution in [0.4, 0.5) is 0 Å². The molecular formula is C20H38IN7O2. The van der Waals surface area contributed by atoms with E-state index in [9.17, 15) is 0 Å². The minimum atomic E-state index is 0. The number of rotatable bonds is 9. The molecule has 10 heteroatoms. The van der Waals surface area contributed by atoms with Gasteiger partial charge in [0.2, 0.25) is 0 Å². The molecule has 0 amide bonds. The fourth-order valence-corrected chi connectivity index (χ4v) is 3.84. The van der Waals surface area contributed by atoms with Crippen molar-refractivity contribution in [1.29, 1.82) is 0 Å². The fraction of sp³-hybridized carbons (Fsp3) is 0.850. The van der Waals surface area contributed by atoms with E-state index in [1.165, 1.54) is 6.42 Å². The molecule has 30 heavy (non-hydrogen) atoms. The van der Waals surface area contributed by atoms with E-state index in [0.29, 0.717) is 12.5 Å². The molecule has 0 spiro atoms. The van der Waals surface area contributed by atoms with Gasteiger partial charge in [-0.3, -0.25) is 4.90 Å². The van der Waals surface area contributed by atoms with Crippen LogP contribution in [0.3, 0.4) is 0 Å². The third kappa shape index (κ3) is 7.61. The number of halogens is 1. The first-order valence-electron chi connectivity index (χ1n) is 10.9. The van der Waals surface area contributed by atoms with Crippen molar-refractivity contribution in [2.24, 2.45) is 18.0 Å². The maximum Gasteiger partial charge on any atom is 0.194 e. The van der Waals surface area contributed by atoms with Crippen molar-refractivity contribution in [3.63, 3.8) is 0 Å². The third-order valence-electron chi connectivity index (χ3n) is 5.71. The maximum absolute atomic E-state index is 5.48. The van der Waals surface area contributed by atoms with Gasteiger partial charge in [0.15, 0.2) is 11.8 Å². The highest BCUT2D eigenvalue weighted by atomic mass is 127. The Morgan fingerprint density at radius 2 is 2.07 bits per heavy atom. The van der Waals surface area contributed by atoms with Crippen molar-refractivity contribution in [3.05, 3.63) is 11.6 Å². The van der Waals surface area contributed by atoms with Gasteiger partial charge in [-0.2, -0.15) is 0 Å². The average Bonchev–Trinajstić information content (AvgIpc) is 3.32. The molecule has 1 N–H and O–H groups in total. The maximum atomic E-state index is 5.48. The zero-order valence-corrected chi connectivity index (χ0v) is 21.0. The van der Waals surface area contributed by atoms with E-state index in [1.54, 1.807) is 0 Å². The van der Waals surface area contributed by atoms with Gasteiger partial charge in [0.05, 0.1) is 13.2 Å². The first kappa shape index (κ1) is 25.3. The Bertz CT molecular complexity index is 649. The quantitative estimate of drug-likeness (QED) is 0.221. The lowest BCUT2D eigenvalue weighted by Gasteiger charge is -2.29. The van der Waals surface area contributed by atoms with Gasteiger partial charge < -0.3 is 24.3 Å². The summed E-state index contributed by atoms with van der Waals surface area (Å²) in [5.74, 6) is 3.46. The first-order chi connectivity index (χ1) is 14.2. The molecule has 0 bridgehead atoms. The normalized spacial score (nSPS) is 20.4. The summed E-state index contributed by atoms with van der Waals surface area (Å²) >= 11 is 0. The molecule has 2 saturated heterocycles. The van der Waals surface area contributed by atoms with E-state index in [0.717, 1.165) is 89.7 Å². The predicted molar refractivity (Wildman–Crippen MR) is 128 cm³/mol. The van der Waals surface area contributed by atoms with Gasteiger partial charge in [0, 0.05) is 59.5 Å². The molecule has 3 heterocycles. The lowest BCUT2D eigenvalue weighted by molar-refractivity contribution is 0.0315. The molecular weight excluding hydrogens is 497 g/mol. The molecule has 2 aliphatic heterocycles. The molecule has 3 rings (SSSR count). The standard InChI is InChI=1S/C20H37N7O2.HI/c1-4-28-11-5-7-21-20(22-14-19-24-23-17(2)25(19)3)27-8-6-18(16-27)15-26-9-12-29-13-10-26;/h18H,4-16H2,1-3H3,(H,21,22);1H. The zero-order chi connectivity index (χ0) is 20.5. The molecule has 172 valence electrons. The summed E-state index contributed by atoms with van der Waals surface area (Å²) in [6.45, 7) is 14.0. The van der Waals surface area contributed by atoms with E-state index < -0.39 is 0 Å². The highest BCUT2D eigenvalue weighted by molar-refractivity contribution is 14.0. The second kappa shape index (κ2) is 13.4. The lowest BCUT2D eigenvalue weighted by Crippen LogP contribution is -2.42. The molecule has 1 aromatic rings. The van der Waals surface area contributed by atoms with Crippen LogP contribution < -0.4 is 5.32 Å². The van der Waals surface area contributed by atoms with Crippen LogP contribution >= 0.6 is 24.0 Å². The van der Waals surface area contributed by atoms with E-state index in [-0.39, 0.29) is 24.0 Å². The number of nitrogens with one attached hydrogen (secondary N) is 1. The second-order valence-electron chi connectivity index (χ2n) is 7.85. The molecule has 2 fully saturated rings. The highest BCUT2D eigenvalue weighted by Crippen LogP contribution is 2.18. The van der Waals surface area contributed by atoms with Gasteiger partial charge in [-0.1, -0.05) is 0 Å². The molecule has 1 atom stereocenters. The van der Waals surface area contributed by atoms with Gasteiger partial charge in [-0.15, -0.1) is 34.2 Å². The van der Waals surface area contributed by atoms with Crippen LogP contribution in [-0.4, -0.2) is 96.2 Å². The Morgan fingerprint density at radius 3 is 2.77 bits per heavy atom. The smallest absolute Gasteiger partial charge is 0.194 e. The van der Waals surface area contributed by atoms with E-state index in [4.69, 9.17) is 14.5 Å². The van der Waals surface area contributed by atoms with E-state index in [2.05, 4.69) is 25.3 Å². The molecule has 2 aliphatic rings. The Balaban J connectivity index is 0.00000320. The molecule has 9 nitrogen and oxygen atoms in total. The summed E-state index contributed by atoms with van der Waals surface area (Å²) in [7, 11) is 1.99. The van der Waals surface area contributed by atoms with Crippen LogP contribution in [0.25, 0.3) is 0 Å².